The summed E-state index contributed by atoms with van der Waals surface area (Å²) in [6.07, 6.45) is 4.73. The predicted molar refractivity (Wildman–Crippen MR) is 181 cm³/mol. The third-order valence-corrected chi connectivity index (χ3v) is 20.9. The molecule has 1 N–H and O–H groups in total. The second kappa shape index (κ2) is 17.2. The average Bonchev–Trinajstić information content (AvgIpc) is 3.60. The Morgan fingerprint density at radius 3 is 2.19 bits per heavy atom. The molecule has 0 aromatic carbocycles. The fraction of sp³-hybridized carbons (Fsp3) is 0.903. The number of hydrogen-bond donors (Lipinski definition) is 1. The number of alkyl carbamates (subject to hydrolysis) is 1. The van der Waals surface area contributed by atoms with Crippen molar-refractivity contribution >= 4 is 30.8 Å². The fourth-order valence-electron chi connectivity index (χ4n) is 5.16. The number of amides is 1. The minimum atomic E-state index is -2.20. The normalized spacial score (nSPS) is 19.3. The molecule has 0 radical (unpaired) electrons. The molecule has 11 heteroatoms. The molecule has 0 aromatic rings. The van der Waals surface area contributed by atoms with Crippen LogP contribution in [0.1, 0.15) is 73.6 Å². The lowest BCUT2D eigenvalue weighted by molar-refractivity contribution is 0.0481. The van der Waals surface area contributed by atoms with E-state index in [1.807, 2.05) is 6.92 Å². The second-order valence-corrected chi connectivity index (χ2v) is 28.4. The van der Waals surface area contributed by atoms with Crippen LogP contribution >= 0.6 is 0 Å². The molecule has 1 amide bonds. The van der Waals surface area contributed by atoms with Gasteiger partial charge < -0.3 is 33.1 Å². The van der Waals surface area contributed by atoms with Crippen LogP contribution in [0.15, 0.2) is 12.2 Å². The van der Waals surface area contributed by atoms with Crippen LogP contribution in [-0.2, 0) is 27.8 Å². The van der Waals surface area contributed by atoms with Crippen molar-refractivity contribution in [3.8, 4) is 0 Å². The van der Waals surface area contributed by atoms with E-state index in [9.17, 15) is 4.79 Å². The molecule has 0 saturated carbocycles. The van der Waals surface area contributed by atoms with Gasteiger partial charge in [0.25, 0.3) is 0 Å². The Hall–Kier alpha value is -0.539. The van der Waals surface area contributed by atoms with Crippen LogP contribution in [0.4, 0.5) is 4.79 Å². The maximum absolute atomic E-state index is 11.9. The summed E-state index contributed by atoms with van der Waals surface area (Å²) >= 11 is 0. The third-order valence-electron chi connectivity index (χ3n) is 8.99. The Morgan fingerprint density at radius 1 is 0.929 bits per heavy atom. The number of carbonyl (C=O) groups excluding carboxylic acids is 1. The summed E-state index contributed by atoms with van der Waals surface area (Å²) in [5.41, 5.74) is 1.07. The van der Waals surface area contributed by atoms with E-state index >= 15 is 0 Å². The van der Waals surface area contributed by atoms with E-state index in [1.165, 1.54) is 18.9 Å². The van der Waals surface area contributed by atoms with Gasteiger partial charge >= 0.3 is 6.09 Å². The van der Waals surface area contributed by atoms with Crippen molar-refractivity contribution in [2.45, 2.75) is 148 Å². The quantitative estimate of drug-likeness (QED) is 0.0524. The van der Waals surface area contributed by atoms with Gasteiger partial charge in [-0.3, -0.25) is 0 Å². The molecule has 3 atom stereocenters. The van der Waals surface area contributed by atoms with Gasteiger partial charge in [0.1, 0.15) is 12.7 Å². The summed E-state index contributed by atoms with van der Waals surface area (Å²) in [6, 6.07) is 2.31. The lowest BCUT2D eigenvalue weighted by Gasteiger charge is -2.52. The van der Waals surface area contributed by atoms with E-state index in [4.69, 9.17) is 27.8 Å². The van der Waals surface area contributed by atoms with Crippen molar-refractivity contribution in [2.24, 2.45) is 0 Å². The van der Waals surface area contributed by atoms with Gasteiger partial charge in [0.15, 0.2) is 14.6 Å². The number of hydrogen-bond acceptors (Lipinski definition) is 7. The van der Waals surface area contributed by atoms with Gasteiger partial charge in [0.05, 0.1) is 26.5 Å². The number of carbonyl (C=O) groups is 1. The molecular formula is C31H65NO7Si3. The van der Waals surface area contributed by atoms with E-state index in [-0.39, 0.29) is 29.4 Å². The van der Waals surface area contributed by atoms with Crippen LogP contribution in [0.3, 0.4) is 0 Å². The van der Waals surface area contributed by atoms with Gasteiger partial charge in [0.2, 0.25) is 8.32 Å². The van der Waals surface area contributed by atoms with Gasteiger partial charge in [-0.1, -0.05) is 51.4 Å². The highest BCUT2D eigenvalue weighted by Crippen LogP contribution is 2.40. The lowest BCUT2D eigenvalue weighted by atomic mass is 10.2. The SMILES string of the molecule is C=C(C)CC1OC1OCCNC(=O)OCCOCCC[Si](C)(C)OC(C)(C)[Si](C)(C)OC(C)(CC)[Si](C)(C)CCCC. The highest BCUT2D eigenvalue weighted by Gasteiger charge is 2.52. The molecule has 248 valence electrons. The van der Waals surface area contributed by atoms with E-state index in [2.05, 4.69) is 85.8 Å². The van der Waals surface area contributed by atoms with E-state index in [0.717, 1.165) is 30.9 Å². The summed E-state index contributed by atoms with van der Waals surface area (Å²) in [5, 5.41) is 2.34. The smallest absolute Gasteiger partial charge is 0.407 e. The van der Waals surface area contributed by atoms with Gasteiger partial charge in [-0.05, 0) is 79.2 Å². The summed E-state index contributed by atoms with van der Waals surface area (Å²) in [7, 11) is -5.74. The third kappa shape index (κ3) is 13.6. The fourth-order valence-corrected chi connectivity index (χ4v) is 15.6. The van der Waals surface area contributed by atoms with Crippen LogP contribution in [0.5, 0.6) is 0 Å². The topological polar surface area (TPSA) is 87.8 Å². The van der Waals surface area contributed by atoms with Crippen LogP contribution in [0.25, 0.3) is 0 Å². The number of rotatable bonds is 23. The van der Waals surface area contributed by atoms with Crippen molar-refractivity contribution in [1.29, 1.82) is 0 Å². The summed E-state index contributed by atoms with van der Waals surface area (Å²) in [6.45, 7) is 33.5. The molecule has 0 spiro atoms. The molecule has 0 aliphatic carbocycles. The molecular weight excluding hydrogens is 583 g/mol. The van der Waals surface area contributed by atoms with E-state index in [0.29, 0.717) is 26.4 Å². The zero-order valence-electron chi connectivity index (χ0n) is 29.2. The predicted octanol–water partition coefficient (Wildman–Crippen LogP) is 7.80. The summed E-state index contributed by atoms with van der Waals surface area (Å²) in [4.78, 5) is 11.9. The standard InChI is InChI=1S/C31H65NO7Si3/c1-14-16-23-40(8,9)31(7,15-2)39-42(12,13)30(5,6)38-41(10,11)24-17-19-34-21-22-36-29(33)32-18-20-35-28-27(37-28)25-26(3)4/h27-28H,3,14-25H2,1-2,4-13H3,(H,32,33). The maximum Gasteiger partial charge on any atom is 0.407 e. The van der Waals surface area contributed by atoms with E-state index in [1.54, 1.807) is 0 Å². The Morgan fingerprint density at radius 2 is 1.60 bits per heavy atom. The highest BCUT2D eigenvalue weighted by molar-refractivity contribution is 6.82. The summed E-state index contributed by atoms with van der Waals surface area (Å²) < 4.78 is 36.0. The molecule has 1 aliphatic rings. The average molecular weight is 648 g/mol. The van der Waals surface area contributed by atoms with Crippen molar-refractivity contribution in [2.75, 3.05) is 33.0 Å². The maximum atomic E-state index is 11.9. The minimum absolute atomic E-state index is 0.0510. The molecule has 1 fully saturated rings. The van der Waals surface area contributed by atoms with Crippen molar-refractivity contribution < 1.29 is 32.6 Å². The molecule has 1 aliphatic heterocycles. The highest BCUT2D eigenvalue weighted by atomic mass is 28.4. The zero-order valence-corrected chi connectivity index (χ0v) is 32.2. The Bertz CT molecular complexity index is 837. The summed E-state index contributed by atoms with van der Waals surface area (Å²) in [5.74, 6) is 0. The van der Waals surface area contributed by atoms with Gasteiger partial charge in [-0.15, -0.1) is 6.58 Å². The molecule has 1 heterocycles. The number of ether oxygens (including phenoxy) is 4. The largest absolute Gasteiger partial charge is 0.447 e. The Kier molecular flexibility index (Phi) is 16.2. The molecule has 1 saturated heterocycles. The first kappa shape index (κ1) is 39.5. The first-order chi connectivity index (χ1) is 19.3. The first-order valence-electron chi connectivity index (χ1n) is 16.1. The number of nitrogens with one attached hydrogen (secondary N) is 1. The van der Waals surface area contributed by atoms with Crippen molar-refractivity contribution in [3.63, 3.8) is 0 Å². The van der Waals surface area contributed by atoms with Crippen LogP contribution in [0.2, 0.25) is 51.4 Å². The molecule has 0 aromatic heterocycles. The Balaban J connectivity index is 2.33. The van der Waals surface area contributed by atoms with Gasteiger partial charge in [0, 0.05) is 18.4 Å². The minimum Gasteiger partial charge on any atom is -0.447 e. The molecule has 3 unspecified atom stereocenters. The van der Waals surface area contributed by atoms with Crippen LogP contribution in [-0.4, -0.2) is 86.6 Å². The molecule has 42 heavy (non-hydrogen) atoms. The van der Waals surface area contributed by atoms with Gasteiger partial charge in [-0.25, -0.2) is 4.79 Å². The molecule has 8 nitrogen and oxygen atoms in total. The van der Waals surface area contributed by atoms with E-state index < -0.39 is 30.8 Å². The zero-order chi connectivity index (χ0) is 32.2. The molecule has 1 rings (SSSR count). The Labute approximate surface area is 261 Å². The number of unbranched alkanes of at least 4 members (excludes halogenated alkanes) is 1. The van der Waals surface area contributed by atoms with Gasteiger partial charge in [-0.2, -0.15) is 0 Å². The van der Waals surface area contributed by atoms with Crippen LogP contribution < -0.4 is 5.32 Å². The van der Waals surface area contributed by atoms with Crippen LogP contribution in [0, 0.1) is 0 Å². The molecule has 0 bridgehead atoms. The second-order valence-electron chi connectivity index (χ2n) is 14.4. The number of epoxide rings is 1. The monoisotopic (exact) mass is 647 g/mol. The van der Waals surface area contributed by atoms with Crippen molar-refractivity contribution in [3.05, 3.63) is 12.2 Å². The lowest BCUT2D eigenvalue weighted by Crippen LogP contribution is -2.66. The van der Waals surface area contributed by atoms with Crippen molar-refractivity contribution in [1.82, 2.24) is 5.32 Å². The first-order valence-corrected chi connectivity index (χ1v) is 25.3.